The first kappa shape index (κ1) is 18.6. The third-order valence-corrected chi connectivity index (χ3v) is 7.38. The Labute approximate surface area is 155 Å². The van der Waals surface area contributed by atoms with Gasteiger partial charge in [0.25, 0.3) is 15.9 Å². The van der Waals surface area contributed by atoms with E-state index in [4.69, 9.17) is 4.42 Å². The van der Waals surface area contributed by atoms with Crippen molar-refractivity contribution < 1.29 is 22.4 Å². The van der Waals surface area contributed by atoms with E-state index in [1.807, 2.05) is 0 Å². The summed E-state index contributed by atoms with van der Waals surface area (Å²) in [5.41, 5.74) is 0.435. The van der Waals surface area contributed by atoms with Crippen molar-refractivity contribution in [2.75, 3.05) is 25.0 Å². The number of anilines is 1. The summed E-state index contributed by atoms with van der Waals surface area (Å²) >= 11 is 1.13. The number of furan rings is 1. The lowest BCUT2D eigenvalue weighted by atomic mass is 10.4. The monoisotopic (exact) mass is 397 g/mol. The fourth-order valence-electron chi connectivity index (χ4n) is 2.61. The van der Waals surface area contributed by atoms with E-state index in [1.165, 1.54) is 22.7 Å². The van der Waals surface area contributed by atoms with Gasteiger partial charge in [0.05, 0.1) is 18.5 Å². The van der Waals surface area contributed by atoms with E-state index < -0.39 is 21.8 Å². The largest absolute Gasteiger partial charge is 0.459 e. The molecule has 8 nitrogen and oxygen atoms in total. The van der Waals surface area contributed by atoms with Crippen molar-refractivity contribution in [2.45, 2.75) is 24.0 Å². The summed E-state index contributed by atoms with van der Waals surface area (Å²) in [4.78, 5) is 24.5. The zero-order chi connectivity index (χ0) is 18.7. The molecule has 0 radical (unpaired) electrons. The zero-order valence-electron chi connectivity index (χ0n) is 14.1. The molecule has 0 unspecified atom stereocenters. The van der Waals surface area contributed by atoms with Crippen LogP contribution in [0.4, 0.5) is 5.69 Å². The second kappa shape index (κ2) is 7.60. The minimum absolute atomic E-state index is 0.114. The van der Waals surface area contributed by atoms with E-state index in [1.54, 1.807) is 13.0 Å². The smallest absolute Gasteiger partial charge is 0.287 e. The maximum absolute atomic E-state index is 12.6. The van der Waals surface area contributed by atoms with E-state index in [9.17, 15) is 18.0 Å². The lowest BCUT2D eigenvalue weighted by Gasteiger charge is -2.13. The number of amides is 2. The highest BCUT2D eigenvalue weighted by molar-refractivity contribution is 7.91. The van der Waals surface area contributed by atoms with E-state index in [0.717, 1.165) is 24.2 Å². The Morgan fingerprint density at radius 1 is 1.31 bits per heavy atom. The van der Waals surface area contributed by atoms with Crippen LogP contribution < -0.4 is 10.6 Å². The number of carbonyl (C=O) groups excluding carboxylic acids is 2. The Balaban J connectivity index is 1.62. The molecule has 1 aliphatic heterocycles. The van der Waals surface area contributed by atoms with Gasteiger partial charge in [0, 0.05) is 18.0 Å². The average Bonchev–Trinajstić information content (AvgIpc) is 3.35. The van der Waals surface area contributed by atoms with E-state index in [2.05, 4.69) is 10.6 Å². The van der Waals surface area contributed by atoms with Gasteiger partial charge in [-0.25, -0.2) is 8.42 Å². The molecule has 0 saturated carbocycles. The van der Waals surface area contributed by atoms with Crippen molar-refractivity contribution in [3.8, 4) is 0 Å². The van der Waals surface area contributed by atoms with Crippen molar-refractivity contribution in [1.82, 2.24) is 9.62 Å². The van der Waals surface area contributed by atoms with Crippen LogP contribution in [0.25, 0.3) is 0 Å². The Morgan fingerprint density at radius 2 is 2.04 bits per heavy atom. The first-order valence-electron chi connectivity index (χ1n) is 8.10. The first-order chi connectivity index (χ1) is 12.4. The van der Waals surface area contributed by atoms with Crippen molar-refractivity contribution in [3.05, 3.63) is 35.1 Å². The highest BCUT2D eigenvalue weighted by Crippen LogP contribution is 2.32. The highest BCUT2D eigenvalue weighted by atomic mass is 32.2. The van der Waals surface area contributed by atoms with Crippen LogP contribution in [0.3, 0.4) is 0 Å². The minimum Gasteiger partial charge on any atom is -0.459 e. The molecule has 26 heavy (non-hydrogen) atoms. The summed E-state index contributed by atoms with van der Waals surface area (Å²) in [6.45, 7) is 2.55. The second-order valence-electron chi connectivity index (χ2n) is 5.85. The molecule has 2 aromatic rings. The zero-order valence-corrected chi connectivity index (χ0v) is 15.8. The lowest BCUT2D eigenvalue weighted by Crippen LogP contribution is -2.32. The molecule has 3 rings (SSSR count). The number of sulfonamides is 1. The summed E-state index contributed by atoms with van der Waals surface area (Å²) in [6.07, 6.45) is 3.09. The van der Waals surface area contributed by atoms with Gasteiger partial charge in [-0.1, -0.05) is 0 Å². The number of carbonyl (C=O) groups is 2. The highest BCUT2D eigenvalue weighted by Gasteiger charge is 2.29. The molecule has 1 aliphatic rings. The first-order valence-corrected chi connectivity index (χ1v) is 10.4. The van der Waals surface area contributed by atoms with E-state index >= 15 is 0 Å². The summed E-state index contributed by atoms with van der Waals surface area (Å²) < 4.78 is 31.8. The van der Waals surface area contributed by atoms with Crippen LogP contribution in [0.15, 0.2) is 33.1 Å². The predicted octanol–water partition coefficient (Wildman–Crippen LogP) is 1.80. The molecule has 10 heteroatoms. The second-order valence-corrected chi connectivity index (χ2v) is 9.28. The van der Waals surface area contributed by atoms with Crippen LogP contribution in [0, 0.1) is 6.92 Å². The molecule has 0 aromatic carbocycles. The summed E-state index contributed by atoms with van der Waals surface area (Å²) in [5.74, 6) is -0.830. The van der Waals surface area contributed by atoms with Gasteiger partial charge in [-0.05, 0) is 38.0 Å². The van der Waals surface area contributed by atoms with Crippen LogP contribution in [0.5, 0.6) is 0 Å². The third kappa shape index (κ3) is 3.97. The van der Waals surface area contributed by atoms with Gasteiger partial charge in [0.15, 0.2) is 5.76 Å². The average molecular weight is 397 g/mol. The van der Waals surface area contributed by atoms with Gasteiger partial charge in [-0.15, -0.1) is 11.3 Å². The number of rotatable bonds is 6. The minimum atomic E-state index is -3.51. The maximum Gasteiger partial charge on any atom is 0.287 e. The van der Waals surface area contributed by atoms with Crippen LogP contribution in [-0.4, -0.2) is 44.2 Å². The summed E-state index contributed by atoms with van der Waals surface area (Å²) in [7, 11) is -3.51. The Hall–Kier alpha value is -2.17. The molecule has 0 atom stereocenters. The molecule has 1 fully saturated rings. The molecule has 2 amide bonds. The number of nitrogens with one attached hydrogen (secondary N) is 2. The molecule has 0 aliphatic carbocycles. The maximum atomic E-state index is 12.6. The number of aryl methyl sites for hydroxylation is 1. The Bertz CT molecular complexity index is 896. The SMILES string of the molecule is Cc1sc(S(=O)(=O)N2CCCC2)cc1NC(=O)CNC(=O)c1ccco1. The summed E-state index contributed by atoms with van der Waals surface area (Å²) in [5, 5.41) is 5.08. The quantitative estimate of drug-likeness (QED) is 0.773. The van der Waals surface area contributed by atoms with Gasteiger partial charge in [-0.2, -0.15) is 4.31 Å². The number of hydrogen-bond acceptors (Lipinski definition) is 6. The topological polar surface area (TPSA) is 109 Å². The molecular formula is C16H19N3O5S2. The van der Waals surface area contributed by atoms with Crippen LogP contribution in [0.2, 0.25) is 0 Å². The van der Waals surface area contributed by atoms with Crippen LogP contribution in [-0.2, 0) is 14.8 Å². The summed E-state index contributed by atoms with van der Waals surface area (Å²) in [6, 6.07) is 4.54. The van der Waals surface area contributed by atoms with Gasteiger partial charge in [-0.3, -0.25) is 9.59 Å². The van der Waals surface area contributed by atoms with Crippen molar-refractivity contribution >= 4 is 38.9 Å². The fraction of sp³-hybridized carbons (Fsp3) is 0.375. The number of thiophene rings is 1. The van der Waals surface area contributed by atoms with Crippen molar-refractivity contribution in [1.29, 1.82) is 0 Å². The van der Waals surface area contributed by atoms with Crippen molar-refractivity contribution in [3.63, 3.8) is 0 Å². The Kier molecular flexibility index (Phi) is 5.44. The van der Waals surface area contributed by atoms with Gasteiger partial charge in [0.1, 0.15) is 4.21 Å². The van der Waals surface area contributed by atoms with Gasteiger partial charge in [0.2, 0.25) is 5.91 Å². The molecule has 2 N–H and O–H groups in total. The third-order valence-electron chi connectivity index (χ3n) is 3.98. The predicted molar refractivity (Wildman–Crippen MR) is 96.7 cm³/mol. The van der Waals surface area contributed by atoms with E-state index in [0.29, 0.717) is 23.7 Å². The van der Waals surface area contributed by atoms with Crippen molar-refractivity contribution in [2.24, 2.45) is 0 Å². The van der Waals surface area contributed by atoms with Crippen LogP contribution in [0.1, 0.15) is 28.3 Å². The van der Waals surface area contributed by atoms with E-state index in [-0.39, 0.29) is 16.5 Å². The van der Waals surface area contributed by atoms with Gasteiger partial charge >= 0.3 is 0 Å². The Morgan fingerprint density at radius 3 is 2.69 bits per heavy atom. The van der Waals surface area contributed by atoms with Gasteiger partial charge < -0.3 is 15.1 Å². The molecule has 3 heterocycles. The molecule has 140 valence electrons. The normalized spacial score (nSPS) is 15.1. The lowest BCUT2D eigenvalue weighted by molar-refractivity contribution is -0.115. The van der Waals surface area contributed by atoms with Crippen LogP contribution >= 0.6 is 11.3 Å². The molecule has 0 spiro atoms. The molecule has 1 saturated heterocycles. The number of nitrogens with zero attached hydrogens (tertiary/aromatic N) is 1. The number of hydrogen-bond donors (Lipinski definition) is 2. The molecular weight excluding hydrogens is 378 g/mol. The molecule has 0 bridgehead atoms. The fourth-order valence-corrected chi connectivity index (χ4v) is 5.68. The standard InChI is InChI=1S/C16H19N3O5S2/c1-11-12(9-15(25-11)26(22,23)19-6-2-3-7-19)18-14(20)10-17-16(21)13-5-4-8-24-13/h4-5,8-9H,2-3,6-7,10H2,1H3,(H,17,21)(H,18,20). The molecule has 2 aromatic heterocycles.